The van der Waals surface area contributed by atoms with Crippen molar-refractivity contribution in [3.8, 4) is 0 Å². The van der Waals surface area contributed by atoms with Crippen molar-refractivity contribution in [3.63, 3.8) is 0 Å². The maximum Gasteiger partial charge on any atom is 0.490 e. The molecular formula is C27H42F3N9O6. The highest BCUT2D eigenvalue weighted by atomic mass is 19.4. The molecule has 0 radical (unpaired) electrons. The minimum absolute atomic E-state index is 0.0424. The van der Waals surface area contributed by atoms with Crippen LogP contribution in [0, 0.1) is 11.3 Å². The minimum atomic E-state index is -5.08. The average molecular weight is 646 g/mol. The van der Waals surface area contributed by atoms with Crippen LogP contribution < -0.4 is 33.6 Å². The number of hydrogen-bond acceptors (Lipinski definition) is 7. The predicted octanol–water partition coefficient (Wildman–Crippen LogP) is -0.450. The van der Waals surface area contributed by atoms with Gasteiger partial charge in [0, 0.05) is 26.2 Å². The topological polar surface area (TPSA) is 273 Å². The molecule has 1 unspecified atom stereocenters. The average Bonchev–Trinajstić information content (AvgIpc) is 2.94. The Morgan fingerprint density at radius 2 is 1.53 bits per heavy atom. The molecule has 0 saturated carbocycles. The van der Waals surface area contributed by atoms with Crippen molar-refractivity contribution in [3.05, 3.63) is 35.4 Å². The molecule has 0 bridgehead atoms. The Kier molecular flexibility index (Phi) is 17.3. The third-order valence-electron chi connectivity index (χ3n) is 6.06. The fourth-order valence-corrected chi connectivity index (χ4v) is 3.72. The fourth-order valence-electron chi connectivity index (χ4n) is 3.72. The number of amidine groups is 1. The molecule has 1 aromatic rings. The summed E-state index contributed by atoms with van der Waals surface area (Å²) in [5.41, 5.74) is 22.7. The van der Waals surface area contributed by atoms with Crippen LogP contribution in [0.15, 0.2) is 29.3 Å². The molecule has 1 aromatic carbocycles. The number of carboxylic acids is 1. The third-order valence-corrected chi connectivity index (χ3v) is 6.06. The van der Waals surface area contributed by atoms with Crippen LogP contribution in [0.5, 0.6) is 0 Å². The molecule has 0 aliphatic rings. The van der Waals surface area contributed by atoms with Gasteiger partial charge in [-0.1, -0.05) is 38.0 Å². The summed E-state index contributed by atoms with van der Waals surface area (Å²) in [6.07, 6.45) is -2.75. The lowest BCUT2D eigenvalue weighted by molar-refractivity contribution is -0.192. The largest absolute Gasteiger partial charge is 0.490 e. The van der Waals surface area contributed by atoms with Gasteiger partial charge in [0.15, 0.2) is 5.96 Å². The van der Waals surface area contributed by atoms with Gasteiger partial charge in [-0.3, -0.25) is 29.6 Å². The minimum Gasteiger partial charge on any atom is -0.475 e. The molecule has 0 aliphatic carbocycles. The first-order valence-electron chi connectivity index (χ1n) is 13.7. The first kappa shape index (κ1) is 40.1. The van der Waals surface area contributed by atoms with E-state index < -0.39 is 53.8 Å². The van der Waals surface area contributed by atoms with Gasteiger partial charge in [-0.25, -0.2) is 4.79 Å². The van der Waals surface area contributed by atoms with E-state index in [4.69, 9.17) is 38.2 Å². The fraction of sp³-hybridized carbons (Fsp3) is 0.519. The van der Waals surface area contributed by atoms with Crippen LogP contribution in [-0.4, -0.2) is 90.3 Å². The third kappa shape index (κ3) is 15.9. The van der Waals surface area contributed by atoms with E-state index in [0.717, 1.165) is 6.42 Å². The number of carbonyl (C=O) groups excluding carboxylic acids is 4. The molecule has 3 atom stereocenters. The second kappa shape index (κ2) is 19.4. The Hall–Kier alpha value is -4.90. The quantitative estimate of drug-likeness (QED) is 0.0500. The van der Waals surface area contributed by atoms with E-state index in [1.54, 1.807) is 24.3 Å². The van der Waals surface area contributed by atoms with Gasteiger partial charge < -0.3 is 43.6 Å². The molecule has 4 amide bonds. The first-order valence-corrected chi connectivity index (χ1v) is 13.7. The molecule has 1 rings (SSSR count). The Morgan fingerprint density at radius 3 is 2.00 bits per heavy atom. The van der Waals surface area contributed by atoms with Gasteiger partial charge in [0.25, 0.3) is 0 Å². The lowest BCUT2D eigenvalue weighted by Crippen LogP contribution is -2.54. The number of aliphatic imine (C=N–C) groups is 1. The number of guanidine groups is 1. The van der Waals surface area contributed by atoms with Gasteiger partial charge in [0.2, 0.25) is 23.6 Å². The van der Waals surface area contributed by atoms with Gasteiger partial charge in [-0.2, -0.15) is 13.2 Å². The van der Waals surface area contributed by atoms with Crippen LogP contribution in [0.1, 0.15) is 50.2 Å². The van der Waals surface area contributed by atoms with Crippen LogP contribution in [0.2, 0.25) is 0 Å². The van der Waals surface area contributed by atoms with E-state index in [-0.39, 0.29) is 31.2 Å². The van der Waals surface area contributed by atoms with Crippen molar-refractivity contribution in [2.24, 2.45) is 33.8 Å². The van der Waals surface area contributed by atoms with Gasteiger partial charge in [0.1, 0.15) is 23.8 Å². The van der Waals surface area contributed by atoms with Gasteiger partial charge in [-0.05, 0) is 37.3 Å². The van der Waals surface area contributed by atoms with Crippen molar-refractivity contribution in [2.75, 3.05) is 20.6 Å². The SMILES string of the molecule is CCCC[C@H](NC(=O)C(Cc1cccc(C(=N)N)c1)C(=O)N(C)C)C(=O)N[C@@H](CCCN=C(N)N)C(N)=O.O=C(O)C(F)(F)F. The summed E-state index contributed by atoms with van der Waals surface area (Å²) in [5, 5.41) is 20.1. The van der Waals surface area contributed by atoms with Crippen molar-refractivity contribution in [1.82, 2.24) is 15.5 Å². The number of nitrogens with one attached hydrogen (secondary N) is 3. The highest BCUT2D eigenvalue weighted by Crippen LogP contribution is 2.15. The molecule has 18 heteroatoms. The van der Waals surface area contributed by atoms with Crippen LogP contribution in [-0.2, 0) is 30.4 Å². The van der Waals surface area contributed by atoms with Crippen molar-refractivity contribution >= 4 is 41.4 Å². The molecule has 0 saturated heterocycles. The monoisotopic (exact) mass is 645 g/mol. The van der Waals surface area contributed by atoms with Crippen molar-refractivity contribution < 1.29 is 42.3 Å². The van der Waals surface area contributed by atoms with E-state index in [1.165, 1.54) is 19.0 Å². The Labute approximate surface area is 258 Å². The predicted molar refractivity (Wildman–Crippen MR) is 160 cm³/mol. The van der Waals surface area contributed by atoms with Crippen molar-refractivity contribution in [1.29, 1.82) is 5.41 Å². The number of aliphatic carboxylic acids is 1. The van der Waals surface area contributed by atoms with E-state index >= 15 is 0 Å². The van der Waals surface area contributed by atoms with Gasteiger partial charge in [-0.15, -0.1) is 0 Å². The zero-order valence-electron chi connectivity index (χ0n) is 25.3. The highest BCUT2D eigenvalue weighted by Gasteiger charge is 2.38. The number of carboxylic acid groups (broad SMARTS) is 1. The summed E-state index contributed by atoms with van der Waals surface area (Å²) < 4.78 is 31.7. The zero-order valence-corrected chi connectivity index (χ0v) is 25.3. The van der Waals surface area contributed by atoms with Gasteiger partial charge in [0.05, 0.1) is 0 Å². The summed E-state index contributed by atoms with van der Waals surface area (Å²) in [6.45, 7) is 2.20. The second-order valence-corrected chi connectivity index (χ2v) is 10.0. The van der Waals surface area contributed by atoms with Gasteiger partial charge >= 0.3 is 12.1 Å². The number of carbonyl (C=O) groups is 5. The van der Waals surface area contributed by atoms with E-state index in [9.17, 15) is 32.3 Å². The van der Waals surface area contributed by atoms with Crippen molar-refractivity contribution in [2.45, 2.75) is 63.7 Å². The lowest BCUT2D eigenvalue weighted by Gasteiger charge is -2.25. The lowest BCUT2D eigenvalue weighted by atomic mass is 9.95. The molecule has 252 valence electrons. The van der Waals surface area contributed by atoms with Crippen LogP contribution in [0.3, 0.4) is 0 Å². The number of unbranched alkanes of at least 4 members (excludes halogenated alkanes) is 1. The molecule has 15 nitrogen and oxygen atoms in total. The van der Waals surface area contributed by atoms with Crippen LogP contribution >= 0.6 is 0 Å². The smallest absolute Gasteiger partial charge is 0.475 e. The molecule has 0 aliphatic heterocycles. The number of alkyl halides is 3. The van der Waals surface area contributed by atoms with E-state index in [2.05, 4.69) is 15.6 Å². The maximum absolute atomic E-state index is 13.3. The molecule has 45 heavy (non-hydrogen) atoms. The first-order chi connectivity index (χ1) is 20.8. The Bertz CT molecular complexity index is 1220. The highest BCUT2D eigenvalue weighted by molar-refractivity contribution is 6.02. The number of rotatable bonds is 16. The number of nitrogens with zero attached hydrogens (tertiary/aromatic N) is 2. The van der Waals surface area contributed by atoms with Crippen LogP contribution in [0.25, 0.3) is 0 Å². The summed E-state index contributed by atoms with van der Waals surface area (Å²) in [5.74, 6) is -6.48. The summed E-state index contributed by atoms with van der Waals surface area (Å²) in [6, 6.07) is 4.76. The molecule has 12 N–H and O–H groups in total. The summed E-state index contributed by atoms with van der Waals surface area (Å²) in [7, 11) is 3.07. The number of hydrogen-bond donors (Lipinski definition) is 8. The molecule has 0 heterocycles. The normalized spacial score (nSPS) is 12.7. The number of halogens is 3. The molecular weight excluding hydrogens is 603 g/mol. The van der Waals surface area contributed by atoms with Crippen LogP contribution in [0.4, 0.5) is 13.2 Å². The number of nitrogen functional groups attached to an aromatic ring is 1. The summed E-state index contributed by atoms with van der Waals surface area (Å²) in [4.78, 5) is 65.4. The standard InChI is InChI=1S/C25H41N9O4.C2HF3O2/c1-4-5-10-19(23(37)32-18(21(28)35)11-7-12-31-25(29)30)33-22(36)17(24(38)34(2)3)14-15-8-6-9-16(13-15)20(26)27;3-2(4,5)1(6)7/h6,8-9,13,17-19H,4-5,7,10-12,14H2,1-3H3,(H3,26,27)(H2,28,35)(H,32,37)(H,33,36)(H4,29,30,31);(H,6,7)/t17?,18-,19-;/m0./s1. The molecule has 0 aromatic heterocycles. The number of nitrogens with two attached hydrogens (primary N) is 4. The molecule has 0 fully saturated rings. The summed E-state index contributed by atoms with van der Waals surface area (Å²) >= 11 is 0. The van der Waals surface area contributed by atoms with E-state index in [1.807, 2.05) is 6.92 Å². The number of benzene rings is 1. The molecule has 0 spiro atoms. The Balaban J connectivity index is 0.00000246. The second-order valence-electron chi connectivity index (χ2n) is 10.0. The maximum atomic E-state index is 13.3. The number of amides is 4. The Morgan fingerprint density at radius 1 is 0.978 bits per heavy atom. The van der Waals surface area contributed by atoms with E-state index in [0.29, 0.717) is 30.4 Å². The number of primary amides is 1. The zero-order chi connectivity index (χ0) is 34.9.